The quantitative estimate of drug-likeness (QED) is 0.277. The summed E-state index contributed by atoms with van der Waals surface area (Å²) in [5, 5.41) is 0.745. The lowest BCUT2D eigenvalue weighted by Gasteiger charge is -2.14. The van der Waals surface area contributed by atoms with Crippen molar-refractivity contribution in [3.8, 4) is 34.4 Å². The van der Waals surface area contributed by atoms with Gasteiger partial charge in [0.1, 0.15) is 11.5 Å². The molecule has 0 aliphatic rings. The van der Waals surface area contributed by atoms with E-state index in [0.29, 0.717) is 51.2 Å². The summed E-state index contributed by atoms with van der Waals surface area (Å²) in [6, 6.07) is 18.7. The van der Waals surface area contributed by atoms with Crippen LogP contribution in [0.1, 0.15) is 5.56 Å². The van der Waals surface area contributed by atoms with E-state index in [4.69, 9.17) is 14.2 Å². The smallest absolute Gasteiger partial charge is 0.261 e. The fraction of sp³-hybridized carbons (Fsp3) is 0.107. The molecule has 3 aromatic carbocycles. The number of sulfonamides is 1. The first kappa shape index (κ1) is 25.0. The third-order valence-corrected chi connectivity index (χ3v) is 7.21. The molecule has 38 heavy (non-hydrogen) atoms. The molecule has 0 spiro atoms. The Bertz CT molecular complexity index is 1730. The highest BCUT2D eigenvalue weighted by Gasteiger charge is 2.17. The molecule has 0 aliphatic heterocycles. The summed E-state index contributed by atoms with van der Waals surface area (Å²) in [6.45, 7) is 1.80. The highest BCUT2D eigenvalue weighted by molar-refractivity contribution is 7.92. The van der Waals surface area contributed by atoms with Gasteiger partial charge in [0.25, 0.3) is 10.0 Å². The summed E-state index contributed by atoms with van der Waals surface area (Å²) in [7, 11) is -0.730. The second kappa shape index (κ2) is 10.3. The average Bonchev–Trinajstić information content (AvgIpc) is 2.94. The van der Waals surface area contributed by atoms with E-state index in [1.54, 1.807) is 100 Å². The van der Waals surface area contributed by atoms with Gasteiger partial charge in [-0.25, -0.2) is 18.4 Å². The van der Waals surface area contributed by atoms with Gasteiger partial charge in [-0.1, -0.05) is 12.1 Å². The summed E-state index contributed by atoms with van der Waals surface area (Å²) in [6.07, 6.45) is 4.86. The molecule has 5 aromatic rings. The summed E-state index contributed by atoms with van der Waals surface area (Å²) in [4.78, 5) is 12.9. The van der Waals surface area contributed by atoms with Gasteiger partial charge in [-0.05, 0) is 61.0 Å². The maximum atomic E-state index is 13.2. The van der Waals surface area contributed by atoms with Crippen LogP contribution in [-0.4, -0.2) is 37.6 Å². The number of aromatic nitrogens is 3. The Morgan fingerprint density at radius 2 is 1.53 bits per heavy atom. The lowest BCUT2D eigenvalue weighted by Crippen LogP contribution is -2.14. The molecule has 0 atom stereocenters. The largest absolute Gasteiger partial charge is 0.493 e. The van der Waals surface area contributed by atoms with E-state index in [-0.39, 0.29) is 4.90 Å². The number of hydrogen-bond donors (Lipinski definition) is 1. The minimum absolute atomic E-state index is 0.106. The highest BCUT2D eigenvalue weighted by atomic mass is 32.2. The highest BCUT2D eigenvalue weighted by Crippen LogP contribution is 2.37. The normalized spacial score (nSPS) is 11.2. The Morgan fingerprint density at radius 1 is 0.763 bits per heavy atom. The molecule has 192 valence electrons. The van der Waals surface area contributed by atoms with Gasteiger partial charge < -0.3 is 14.2 Å². The topological polar surface area (TPSA) is 113 Å². The summed E-state index contributed by atoms with van der Waals surface area (Å²) in [5.41, 5.74) is 2.41. The SMILES string of the molecule is COc1cc2nccc(Oc3ccc(NS(=O)(=O)c4cccc(-c5ncccn5)c4)c(C)c3)c2cc1OC. The fourth-order valence-corrected chi connectivity index (χ4v) is 5.11. The van der Waals surface area contributed by atoms with Crippen molar-refractivity contribution in [2.45, 2.75) is 11.8 Å². The van der Waals surface area contributed by atoms with E-state index < -0.39 is 10.0 Å². The minimum atomic E-state index is -3.86. The van der Waals surface area contributed by atoms with Gasteiger partial charge in [0.05, 0.1) is 30.3 Å². The van der Waals surface area contributed by atoms with Crippen molar-refractivity contribution < 1.29 is 22.6 Å². The fourth-order valence-electron chi connectivity index (χ4n) is 3.93. The summed E-state index contributed by atoms with van der Waals surface area (Å²) < 4.78 is 45.9. The molecule has 10 heteroatoms. The third kappa shape index (κ3) is 5.07. The number of aryl methyl sites for hydroxylation is 1. The molecule has 0 aliphatic carbocycles. The molecular formula is C28H24N4O5S. The maximum absolute atomic E-state index is 13.2. The van der Waals surface area contributed by atoms with Crippen molar-refractivity contribution in [2.24, 2.45) is 0 Å². The van der Waals surface area contributed by atoms with Crippen LogP contribution in [0.5, 0.6) is 23.0 Å². The molecule has 9 nitrogen and oxygen atoms in total. The minimum Gasteiger partial charge on any atom is -0.493 e. The molecule has 0 fully saturated rings. The maximum Gasteiger partial charge on any atom is 0.261 e. The zero-order valence-corrected chi connectivity index (χ0v) is 21.7. The van der Waals surface area contributed by atoms with Crippen LogP contribution >= 0.6 is 0 Å². The molecule has 0 bridgehead atoms. The van der Waals surface area contributed by atoms with Crippen molar-refractivity contribution in [3.05, 3.63) is 90.9 Å². The lowest BCUT2D eigenvalue weighted by molar-refractivity contribution is 0.355. The van der Waals surface area contributed by atoms with Crippen molar-refractivity contribution in [1.82, 2.24) is 15.0 Å². The van der Waals surface area contributed by atoms with Gasteiger partial charge in [-0.15, -0.1) is 0 Å². The van der Waals surface area contributed by atoms with Crippen LogP contribution < -0.4 is 18.9 Å². The number of ether oxygens (including phenoxy) is 3. The van der Waals surface area contributed by atoms with Crippen molar-refractivity contribution in [3.63, 3.8) is 0 Å². The van der Waals surface area contributed by atoms with Crippen molar-refractivity contribution in [2.75, 3.05) is 18.9 Å². The van der Waals surface area contributed by atoms with Crippen molar-refractivity contribution in [1.29, 1.82) is 0 Å². The first-order valence-electron chi connectivity index (χ1n) is 11.6. The molecule has 1 N–H and O–H groups in total. The number of pyridine rings is 1. The zero-order valence-electron chi connectivity index (χ0n) is 20.9. The number of rotatable bonds is 8. The van der Waals surface area contributed by atoms with Crippen LogP contribution in [0, 0.1) is 6.92 Å². The van der Waals surface area contributed by atoms with E-state index in [9.17, 15) is 8.42 Å². The summed E-state index contributed by atoms with van der Waals surface area (Å²) >= 11 is 0. The Hall–Kier alpha value is -4.70. The van der Waals surface area contributed by atoms with Gasteiger partial charge in [0, 0.05) is 35.6 Å². The van der Waals surface area contributed by atoms with Crippen LogP contribution in [0.4, 0.5) is 5.69 Å². The second-order valence-corrected chi connectivity index (χ2v) is 10.0. The molecular weight excluding hydrogens is 504 g/mol. The van der Waals surface area contributed by atoms with E-state index in [0.717, 1.165) is 5.39 Å². The number of fused-ring (bicyclic) bond motifs is 1. The van der Waals surface area contributed by atoms with Crippen LogP contribution in [0.2, 0.25) is 0 Å². The zero-order chi connectivity index (χ0) is 26.7. The van der Waals surface area contributed by atoms with Gasteiger partial charge in [-0.2, -0.15) is 0 Å². The van der Waals surface area contributed by atoms with Crippen molar-refractivity contribution >= 4 is 26.6 Å². The van der Waals surface area contributed by atoms with E-state index in [2.05, 4.69) is 19.7 Å². The summed E-state index contributed by atoms with van der Waals surface area (Å²) in [5.74, 6) is 2.68. The molecule has 0 radical (unpaired) electrons. The first-order valence-corrected chi connectivity index (χ1v) is 13.1. The second-order valence-electron chi connectivity index (χ2n) is 8.32. The van der Waals surface area contributed by atoms with Crippen LogP contribution in [0.3, 0.4) is 0 Å². The number of anilines is 1. The Labute approximate surface area is 220 Å². The number of nitrogens with one attached hydrogen (secondary N) is 1. The van der Waals surface area contributed by atoms with E-state index in [1.165, 1.54) is 6.07 Å². The van der Waals surface area contributed by atoms with Gasteiger partial charge in [0.2, 0.25) is 0 Å². The van der Waals surface area contributed by atoms with Gasteiger partial charge in [0.15, 0.2) is 17.3 Å². The molecule has 5 rings (SSSR count). The predicted molar refractivity (Wildman–Crippen MR) is 144 cm³/mol. The van der Waals surface area contributed by atoms with Crippen LogP contribution in [0.25, 0.3) is 22.3 Å². The lowest BCUT2D eigenvalue weighted by atomic mass is 10.1. The number of nitrogens with zero attached hydrogens (tertiary/aromatic N) is 3. The monoisotopic (exact) mass is 528 g/mol. The Morgan fingerprint density at radius 3 is 2.26 bits per heavy atom. The van der Waals surface area contributed by atoms with Gasteiger partial charge >= 0.3 is 0 Å². The average molecular weight is 529 g/mol. The van der Waals surface area contributed by atoms with E-state index in [1.807, 2.05) is 0 Å². The number of methoxy groups -OCH3 is 2. The van der Waals surface area contributed by atoms with Gasteiger partial charge in [-0.3, -0.25) is 9.71 Å². The standard InChI is InChI=1S/C28H24N4O5S/c1-18-14-20(37-25-10-13-29-24-17-27(36-3)26(35-2)16-22(24)25)8-9-23(18)32-38(33,34)21-7-4-6-19(15-21)28-30-11-5-12-31-28/h4-17,32H,1-3H3. The predicted octanol–water partition coefficient (Wildman–Crippen LogP) is 5.61. The van der Waals surface area contributed by atoms with E-state index >= 15 is 0 Å². The molecule has 2 aromatic heterocycles. The molecule has 0 saturated carbocycles. The number of hydrogen-bond acceptors (Lipinski definition) is 8. The molecule has 0 unspecified atom stereocenters. The third-order valence-electron chi connectivity index (χ3n) is 5.85. The Kier molecular flexibility index (Phi) is 6.80. The molecule has 0 saturated heterocycles. The Balaban J connectivity index is 1.40. The molecule has 2 heterocycles. The number of benzene rings is 3. The van der Waals surface area contributed by atoms with Crippen LogP contribution in [-0.2, 0) is 10.0 Å². The van der Waals surface area contributed by atoms with Crippen LogP contribution in [0.15, 0.2) is 90.2 Å². The molecule has 0 amide bonds. The first-order chi connectivity index (χ1) is 18.4.